The summed E-state index contributed by atoms with van der Waals surface area (Å²) in [5, 5.41) is 3.86. The molecule has 1 atom stereocenters. The number of amides is 2. The molecule has 1 aliphatic rings. The summed E-state index contributed by atoms with van der Waals surface area (Å²) in [4.78, 5) is 29.8. The number of imide groups is 1. The maximum Gasteiger partial charge on any atom is 0.417 e. The number of ether oxygens (including phenoxy) is 1. The third-order valence-electron chi connectivity index (χ3n) is 2.98. The number of oxime groups is 1. The molecular weight excluding hydrogens is 310 g/mol. The van der Waals surface area contributed by atoms with Crippen molar-refractivity contribution in [2.45, 2.75) is 19.1 Å². The summed E-state index contributed by atoms with van der Waals surface area (Å²) in [7, 11) is 0. The molecule has 0 spiro atoms. The summed E-state index contributed by atoms with van der Waals surface area (Å²) >= 11 is 5.71. The Morgan fingerprint density at radius 1 is 1.41 bits per heavy atom. The molecular formula is C14H16ClN3O4. The van der Waals surface area contributed by atoms with Crippen LogP contribution in [-0.4, -0.2) is 41.3 Å². The molecule has 0 radical (unpaired) electrons. The Balaban J connectivity index is 1.93. The zero-order valence-corrected chi connectivity index (χ0v) is 12.5. The molecule has 1 heterocycles. The Bertz CT molecular complexity index is 564. The molecule has 0 bridgehead atoms. The number of halogens is 1. The molecule has 2 rings (SSSR count). The highest BCUT2D eigenvalue weighted by atomic mass is 35.5. The zero-order valence-electron chi connectivity index (χ0n) is 11.8. The number of hydrogen-bond donors (Lipinski definition) is 1. The van der Waals surface area contributed by atoms with Crippen LogP contribution in [0.5, 0.6) is 0 Å². The maximum absolute atomic E-state index is 12.1. The number of carbonyl (C=O) groups excluding carboxylic acids is 2. The topological polar surface area (TPSA) is 94.2 Å². The van der Waals surface area contributed by atoms with Gasteiger partial charge in [0.05, 0.1) is 13.1 Å². The van der Waals surface area contributed by atoms with Crippen molar-refractivity contribution in [3.63, 3.8) is 0 Å². The van der Waals surface area contributed by atoms with Gasteiger partial charge in [0, 0.05) is 6.42 Å². The number of rotatable bonds is 5. The van der Waals surface area contributed by atoms with Gasteiger partial charge >= 0.3 is 6.09 Å². The van der Waals surface area contributed by atoms with Crippen LogP contribution in [0, 0.1) is 0 Å². The fourth-order valence-electron chi connectivity index (χ4n) is 1.88. The lowest BCUT2D eigenvalue weighted by atomic mass is 10.2. The van der Waals surface area contributed by atoms with E-state index < -0.39 is 18.1 Å². The van der Waals surface area contributed by atoms with E-state index in [0.29, 0.717) is 11.6 Å². The van der Waals surface area contributed by atoms with E-state index in [1.807, 2.05) is 30.3 Å². The van der Waals surface area contributed by atoms with Gasteiger partial charge in [-0.25, -0.2) is 9.69 Å². The molecule has 1 aromatic rings. The minimum atomic E-state index is -0.772. The normalized spacial score (nSPS) is 16.6. The Labute approximate surface area is 132 Å². The van der Waals surface area contributed by atoms with Gasteiger partial charge in [0.2, 0.25) is 5.91 Å². The second-order valence-corrected chi connectivity index (χ2v) is 5.08. The van der Waals surface area contributed by atoms with Gasteiger partial charge in [-0.05, 0) is 5.56 Å². The molecule has 0 fully saturated rings. The second kappa shape index (κ2) is 7.77. The molecule has 8 heteroatoms. The summed E-state index contributed by atoms with van der Waals surface area (Å²) in [6, 6.07) is 9.15. The van der Waals surface area contributed by atoms with Gasteiger partial charge in [-0.3, -0.25) is 4.79 Å². The third-order valence-corrected chi connectivity index (χ3v) is 3.21. The molecule has 1 unspecified atom stereocenters. The molecule has 118 valence electrons. The molecule has 0 aliphatic carbocycles. The van der Waals surface area contributed by atoms with Crippen LogP contribution in [0.15, 0.2) is 35.5 Å². The lowest BCUT2D eigenvalue weighted by Crippen LogP contribution is -2.45. The highest BCUT2D eigenvalue weighted by Crippen LogP contribution is 2.15. The van der Waals surface area contributed by atoms with Gasteiger partial charge in [-0.15, -0.1) is 0 Å². The van der Waals surface area contributed by atoms with Crippen molar-refractivity contribution in [3.05, 3.63) is 35.9 Å². The number of nitrogens with two attached hydrogens (primary N) is 1. The summed E-state index contributed by atoms with van der Waals surface area (Å²) < 4.78 is 5.13. The van der Waals surface area contributed by atoms with Crippen molar-refractivity contribution in [2.75, 3.05) is 13.1 Å². The minimum absolute atomic E-state index is 0.0105. The van der Waals surface area contributed by atoms with E-state index in [1.54, 1.807) is 0 Å². The highest BCUT2D eigenvalue weighted by molar-refractivity contribution is 6.65. The van der Waals surface area contributed by atoms with E-state index in [0.717, 1.165) is 10.5 Å². The van der Waals surface area contributed by atoms with Gasteiger partial charge in [0.1, 0.15) is 11.8 Å². The Morgan fingerprint density at radius 2 is 2.14 bits per heavy atom. The highest BCUT2D eigenvalue weighted by Gasteiger charge is 2.29. The summed E-state index contributed by atoms with van der Waals surface area (Å²) in [5.74, 6) is -0.551. The molecule has 0 saturated carbocycles. The Hall–Kier alpha value is -2.12. The van der Waals surface area contributed by atoms with Gasteiger partial charge in [-0.1, -0.05) is 47.1 Å². The molecule has 7 nitrogen and oxygen atoms in total. The molecule has 2 amide bonds. The van der Waals surface area contributed by atoms with E-state index in [2.05, 4.69) is 5.16 Å². The summed E-state index contributed by atoms with van der Waals surface area (Å²) in [6.07, 6.45) is -0.916. The fraction of sp³-hybridized carbons (Fsp3) is 0.357. The van der Waals surface area contributed by atoms with E-state index in [1.165, 1.54) is 0 Å². The lowest BCUT2D eigenvalue weighted by Gasteiger charge is -2.21. The molecule has 0 saturated heterocycles. The number of nitrogens with zero attached hydrogens (tertiary/aromatic N) is 2. The molecule has 1 aliphatic heterocycles. The van der Waals surface area contributed by atoms with Crippen LogP contribution in [0.4, 0.5) is 4.79 Å². The zero-order chi connectivity index (χ0) is 15.9. The van der Waals surface area contributed by atoms with Crippen molar-refractivity contribution in [2.24, 2.45) is 10.9 Å². The Kier molecular flexibility index (Phi) is 5.74. The van der Waals surface area contributed by atoms with E-state index in [4.69, 9.17) is 26.9 Å². The standard InChI is InChI=1S/C14H16ClN3O4/c15-12-6-11(22-17-12)8-18(13(19)7-16)14(20)21-9-10-4-2-1-3-5-10/h1-5,11H,6-9,16H2. The van der Waals surface area contributed by atoms with E-state index in [-0.39, 0.29) is 19.7 Å². The average Bonchev–Trinajstić information content (AvgIpc) is 2.96. The molecule has 2 N–H and O–H groups in total. The van der Waals surface area contributed by atoms with Gasteiger partial charge < -0.3 is 15.3 Å². The molecule has 1 aromatic carbocycles. The van der Waals surface area contributed by atoms with E-state index in [9.17, 15) is 9.59 Å². The van der Waals surface area contributed by atoms with Crippen molar-refractivity contribution >= 4 is 28.8 Å². The second-order valence-electron chi connectivity index (χ2n) is 4.65. The first kappa shape index (κ1) is 16.3. The SMILES string of the molecule is NCC(=O)N(CC1CC(Cl)=NO1)C(=O)OCc1ccccc1. The number of carbonyl (C=O) groups is 2. The van der Waals surface area contributed by atoms with Gasteiger partial charge in [0.25, 0.3) is 0 Å². The van der Waals surface area contributed by atoms with Crippen LogP contribution in [-0.2, 0) is 21.0 Å². The quantitative estimate of drug-likeness (QED) is 0.884. The summed E-state index contributed by atoms with van der Waals surface area (Å²) in [6.45, 7) is -0.248. The van der Waals surface area contributed by atoms with Crippen molar-refractivity contribution in [3.8, 4) is 0 Å². The van der Waals surface area contributed by atoms with Crippen LogP contribution in [0.1, 0.15) is 12.0 Å². The van der Waals surface area contributed by atoms with Gasteiger partial charge in [-0.2, -0.15) is 0 Å². The first-order chi connectivity index (χ1) is 10.6. The predicted molar refractivity (Wildman–Crippen MR) is 80.2 cm³/mol. The molecule has 0 aromatic heterocycles. The fourth-order valence-corrected chi connectivity index (χ4v) is 2.09. The number of hydrogen-bond acceptors (Lipinski definition) is 6. The van der Waals surface area contributed by atoms with Crippen molar-refractivity contribution in [1.82, 2.24) is 4.90 Å². The average molecular weight is 326 g/mol. The number of benzene rings is 1. The maximum atomic E-state index is 12.1. The summed E-state index contributed by atoms with van der Waals surface area (Å²) in [5.41, 5.74) is 6.14. The first-order valence-corrected chi connectivity index (χ1v) is 7.07. The first-order valence-electron chi connectivity index (χ1n) is 6.69. The van der Waals surface area contributed by atoms with Gasteiger partial charge in [0.15, 0.2) is 6.10 Å². The lowest BCUT2D eigenvalue weighted by molar-refractivity contribution is -0.129. The molecule has 22 heavy (non-hydrogen) atoms. The van der Waals surface area contributed by atoms with Crippen molar-refractivity contribution < 1.29 is 19.2 Å². The minimum Gasteiger partial charge on any atom is -0.444 e. The monoisotopic (exact) mass is 325 g/mol. The van der Waals surface area contributed by atoms with Crippen molar-refractivity contribution in [1.29, 1.82) is 0 Å². The largest absolute Gasteiger partial charge is 0.444 e. The van der Waals surface area contributed by atoms with Crippen LogP contribution < -0.4 is 5.73 Å². The Morgan fingerprint density at radius 3 is 2.73 bits per heavy atom. The van der Waals surface area contributed by atoms with Crippen LogP contribution in [0.25, 0.3) is 0 Å². The van der Waals surface area contributed by atoms with Crippen LogP contribution in [0.3, 0.4) is 0 Å². The van der Waals surface area contributed by atoms with Crippen LogP contribution >= 0.6 is 11.6 Å². The third kappa shape index (κ3) is 4.44. The smallest absolute Gasteiger partial charge is 0.417 e. The van der Waals surface area contributed by atoms with Crippen LogP contribution in [0.2, 0.25) is 0 Å². The van der Waals surface area contributed by atoms with E-state index >= 15 is 0 Å². The predicted octanol–water partition coefficient (Wildman–Crippen LogP) is 1.45.